The van der Waals surface area contributed by atoms with E-state index in [2.05, 4.69) is 5.32 Å². The lowest BCUT2D eigenvalue weighted by atomic mass is 10.1. The van der Waals surface area contributed by atoms with Crippen LogP contribution in [0.2, 0.25) is 0 Å². The molecule has 0 atom stereocenters. The molecular weight excluding hydrogens is 332 g/mol. The maximum absolute atomic E-state index is 12.7. The second-order valence-corrected chi connectivity index (χ2v) is 6.01. The van der Waals surface area contributed by atoms with Gasteiger partial charge in [-0.1, -0.05) is 30.3 Å². The Kier molecular flexibility index (Phi) is 4.93. The van der Waals surface area contributed by atoms with Gasteiger partial charge in [0.2, 0.25) is 0 Å². The van der Waals surface area contributed by atoms with Crippen molar-refractivity contribution in [2.24, 2.45) is 0 Å². The van der Waals surface area contributed by atoms with Crippen LogP contribution in [-0.4, -0.2) is 25.2 Å². The zero-order valence-electron chi connectivity index (χ0n) is 14.9. The second kappa shape index (κ2) is 7.31. The maximum Gasteiger partial charge on any atom is 0.333 e. The molecule has 0 radical (unpaired) electrons. The molecule has 3 rings (SSSR count). The van der Waals surface area contributed by atoms with Gasteiger partial charge in [0.25, 0.3) is 5.91 Å². The van der Waals surface area contributed by atoms with Crippen molar-refractivity contribution in [3.63, 3.8) is 0 Å². The molecule has 2 aromatic carbocycles. The van der Waals surface area contributed by atoms with E-state index in [4.69, 9.17) is 9.47 Å². The molecule has 0 aromatic heterocycles. The van der Waals surface area contributed by atoms with Crippen LogP contribution in [0.1, 0.15) is 19.4 Å². The van der Waals surface area contributed by atoms with Crippen molar-refractivity contribution in [2.75, 3.05) is 12.0 Å². The van der Waals surface area contributed by atoms with E-state index in [-0.39, 0.29) is 11.8 Å². The summed E-state index contributed by atoms with van der Waals surface area (Å²) < 4.78 is 11.2. The minimum Gasteiger partial charge on any atom is -0.493 e. The summed E-state index contributed by atoms with van der Waals surface area (Å²) in [4.78, 5) is 26.1. The molecule has 0 bridgehead atoms. The summed E-state index contributed by atoms with van der Waals surface area (Å²) in [6, 6.07) is 13.7. The standard InChI is InChI=1S/C20H20N2O4/c1-13(2)26-18-14(8-7-11-17(18)25-3)12-16-19(23)22(20(24)21-16)15-9-5-4-6-10-15/h4-13H,1-3H3,(H,21,24). The first kappa shape index (κ1) is 17.5. The van der Waals surface area contributed by atoms with Gasteiger partial charge in [-0.25, -0.2) is 9.69 Å². The van der Waals surface area contributed by atoms with Crippen molar-refractivity contribution in [3.05, 3.63) is 59.8 Å². The van der Waals surface area contributed by atoms with Crippen LogP contribution in [0.15, 0.2) is 54.2 Å². The highest BCUT2D eigenvalue weighted by atomic mass is 16.5. The number of amides is 3. The van der Waals surface area contributed by atoms with Crippen molar-refractivity contribution < 1.29 is 19.1 Å². The van der Waals surface area contributed by atoms with Crippen LogP contribution in [0, 0.1) is 0 Å². The largest absolute Gasteiger partial charge is 0.493 e. The minimum absolute atomic E-state index is 0.0712. The van der Waals surface area contributed by atoms with E-state index >= 15 is 0 Å². The average Bonchev–Trinajstić information content (AvgIpc) is 2.90. The van der Waals surface area contributed by atoms with Crippen LogP contribution in [0.4, 0.5) is 10.5 Å². The molecule has 1 N–H and O–H groups in total. The molecule has 6 heteroatoms. The number of carbonyl (C=O) groups is 2. The SMILES string of the molecule is COc1cccc(C=C2NC(=O)N(c3ccccc3)C2=O)c1OC(C)C. The van der Waals surface area contributed by atoms with Crippen molar-refractivity contribution in [3.8, 4) is 11.5 Å². The molecular formula is C20H20N2O4. The molecule has 0 unspecified atom stereocenters. The second-order valence-electron chi connectivity index (χ2n) is 6.01. The van der Waals surface area contributed by atoms with E-state index in [0.717, 1.165) is 4.90 Å². The molecule has 6 nitrogen and oxygen atoms in total. The smallest absolute Gasteiger partial charge is 0.333 e. The third kappa shape index (κ3) is 3.39. The van der Waals surface area contributed by atoms with Gasteiger partial charge in [-0.15, -0.1) is 0 Å². The molecule has 26 heavy (non-hydrogen) atoms. The predicted molar refractivity (Wildman–Crippen MR) is 99.2 cm³/mol. The average molecular weight is 352 g/mol. The van der Waals surface area contributed by atoms with Gasteiger partial charge in [0, 0.05) is 5.56 Å². The quantitative estimate of drug-likeness (QED) is 0.660. The van der Waals surface area contributed by atoms with Gasteiger partial charge in [-0.2, -0.15) is 0 Å². The van der Waals surface area contributed by atoms with E-state index in [9.17, 15) is 9.59 Å². The summed E-state index contributed by atoms with van der Waals surface area (Å²) in [6.07, 6.45) is 1.53. The molecule has 1 saturated heterocycles. The normalized spacial score (nSPS) is 15.5. The van der Waals surface area contributed by atoms with Crippen molar-refractivity contribution in [2.45, 2.75) is 20.0 Å². The summed E-state index contributed by atoms with van der Waals surface area (Å²) in [7, 11) is 1.55. The highest BCUT2D eigenvalue weighted by Crippen LogP contribution is 2.34. The molecule has 1 aliphatic heterocycles. The number of hydrogen-bond donors (Lipinski definition) is 1. The number of para-hydroxylation sites is 2. The summed E-state index contributed by atoms with van der Waals surface area (Å²) in [5, 5.41) is 2.62. The highest BCUT2D eigenvalue weighted by molar-refractivity contribution is 6.28. The number of carbonyl (C=O) groups excluding carboxylic acids is 2. The zero-order chi connectivity index (χ0) is 18.7. The zero-order valence-corrected chi connectivity index (χ0v) is 14.9. The molecule has 134 valence electrons. The van der Waals surface area contributed by atoms with Gasteiger partial charge in [0.15, 0.2) is 11.5 Å². The van der Waals surface area contributed by atoms with Crippen molar-refractivity contribution >= 4 is 23.7 Å². The van der Waals surface area contributed by atoms with E-state index in [0.29, 0.717) is 22.7 Å². The Morgan fingerprint density at radius 1 is 1.04 bits per heavy atom. The van der Waals surface area contributed by atoms with Crippen LogP contribution >= 0.6 is 0 Å². The molecule has 1 aliphatic rings. The van der Waals surface area contributed by atoms with Crippen LogP contribution in [0.3, 0.4) is 0 Å². The van der Waals surface area contributed by atoms with Gasteiger partial charge in [0.1, 0.15) is 5.70 Å². The van der Waals surface area contributed by atoms with E-state index < -0.39 is 11.9 Å². The lowest BCUT2D eigenvalue weighted by Crippen LogP contribution is -2.30. The number of benzene rings is 2. The Hall–Kier alpha value is -3.28. The Bertz CT molecular complexity index is 859. The lowest BCUT2D eigenvalue weighted by molar-refractivity contribution is -0.113. The molecule has 0 saturated carbocycles. The van der Waals surface area contributed by atoms with Crippen LogP contribution < -0.4 is 19.7 Å². The molecule has 2 aromatic rings. The maximum atomic E-state index is 12.7. The lowest BCUT2D eigenvalue weighted by Gasteiger charge is -2.16. The number of rotatable bonds is 5. The number of nitrogens with zero attached hydrogens (tertiary/aromatic N) is 1. The fourth-order valence-corrected chi connectivity index (χ4v) is 2.67. The van der Waals surface area contributed by atoms with Gasteiger partial charge < -0.3 is 14.8 Å². The topological polar surface area (TPSA) is 67.9 Å². The Labute approximate surface area is 152 Å². The first-order chi connectivity index (χ1) is 12.5. The summed E-state index contributed by atoms with van der Waals surface area (Å²) in [6.45, 7) is 3.81. The Morgan fingerprint density at radius 2 is 1.77 bits per heavy atom. The summed E-state index contributed by atoms with van der Waals surface area (Å²) in [5.74, 6) is 0.668. The number of nitrogens with one attached hydrogen (secondary N) is 1. The third-order valence-electron chi connectivity index (χ3n) is 3.78. The van der Waals surface area contributed by atoms with Crippen LogP contribution in [0.25, 0.3) is 6.08 Å². The van der Waals surface area contributed by atoms with E-state index in [1.54, 1.807) is 55.7 Å². The van der Waals surface area contributed by atoms with E-state index in [1.807, 2.05) is 19.9 Å². The van der Waals surface area contributed by atoms with E-state index in [1.165, 1.54) is 0 Å². The molecule has 1 heterocycles. The third-order valence-corrected chi connectivity index (χ3v) is 3.78. The Balaban J connectivity index is 1.99. The number of imide groups is 1. The van der Waals surface area contributed by atoms with Crippen LogP contribution in [0.5, 0.6) is 11.5 Å². The van der Waals surface area contributed by atoms with Crippen molar-refractivity contribution in [1.82, 2.24) is 5.32 Å². The predicted octanol–water partition coefficient (Wildman–Crippen LogP) is 3.58. The first-order valence-electron chi connectivity index (χ1n) is 8.27. The molecule has 0 aliphatic carbocycles. The Morgan fingerprint density at radius 3 is 2.42 bits per heavy atom. The number of urea groups is 1. The van der Waals surface area contributed by atoms with Gasteiger partial charge in [-0.3, -0.25) is 4.79 Å². The van der Waals surface area contributed by atoms with Gasteiger partial charge in [0.05, 0.1) is 18.9 Å². The number of ether oxygens (including phenoxy) is 2. The summed E-state index contributed by atoms with van der Waals surface area (Å²) in [5.41, 5.74) is 1.35. The number of hydrogen-bond acceptors (Lipinski definition) is 4. The molecule has 0 spiro atoms. The van der Waals surface area contributed by atoms with Gasteiger partial charge >= 0.3 is 6.03 Å². The molecule has 3 amide bonds. The minimum atomic E-state index is -0.485. The van der Waals surface area contributed by atoms with Crippen LogP contribution in [-0.2, 0) is 4.79 Å². The highest BCUT2D eigenvalue weighted by Gasteiger charge is 2.35. The first-order valence-corrected chi connectivity index (χ1v) is 8.27. The fraction of sp³-hybridized carbons (Fsp3) is 0.200. The summed E-state index contributed by atoms with van der Waals surface area (Å²) >= 11 is 0. The van der Waals surface area contributed by atoms with Crippen molar-refractivity contribution in [1.29, 1.82) is 0 Å². The van der Waals surface area contributed by atoms with Gasteiger partial charge in [-0.05, 0) is 38.1 Å². The number of methoxy groups -OCH3 is 1. The fourth-order valence-electron chi connectivity index (χ4n) is 2.67. The monoisotopic (exact) mass is 352 g/mol. The number of anilines is 1. The molecule has 1 fully saturated rings.